The SMILES string of the molecule is COc1cccn2c(C(=O)Nc3cc(C)on3)c(C)nc12. The molecule has 21 heavy (non-hydrogen) atoms. The Hall–Kier alpha value is -2.83. The lowest BCUT2D eigenvalue weighted by Gasteiger charge is -2.04. The lowest BCUT2D eigenvalue weighted by molar-refractivity contribution is 0.102. The third kappa shape index (κ3) is 2.22. The van der Waals surface area contributed by atoms with E-state index in [-0.39, 0.29) is 5.91 Å². The number of hydrogen-bond acceptors (Lipinski definition) is 5. The van der Waals surface area contributed by atoms with E-state index < -0.39 is 0 Å². The molecule has 3 heterocycles. The van der Waals surface area contributed by atoms with Crippen LogP contribution in [0.2, 0.25) is 0 Å². The number of carbonyl (C=O) groups excluding carboxylic acids is 1. The highest BCUT2D eigenvalue weighted by atomic mass is 16.5. The van der Waals surface area contributed by atoms with Crippen LogP contribution in [0.4, 0.5) is 5.82 Å². The van der Waals surface area contributed by atoms with Gasteiger partial charge in [0.25, 0.3) is 5.91 Å². The number of nitrogens with one attached hydrogen (secondary N) is 1. The van der Waals surface area contributed by atoms with Crippen LogP contribution in [-0.4, -0.2) is 27.6 Å². The molecule has 0 saturated heterocycles. The number of aromatic nitrogens is 3. The number of imidazole rings is 1. The first-order valence-corrected chi connectivity index (χ1v) is 6.36. The first-order valence-electron chi connectivity index (χ1n) is 6.36. The largest absolute Gasteiger partial charge is 0.493 e. The molecule has 0 aliphatic rings. The summed E-state index contributed by atoms with van der Waals surface area (Å²) < 4.78 is 11.9. The fraction of sp³-hybridized carbons (Fsp3) is 0.214. The number of carbonyl (C=O) groups is 1. The number of methoxy groups -OCH3 is 1. The minimum Gasteiger partial charge on any atom is -0.493 e. The quantitative estimate of drug-likeness (QED) is 0.798. The highest BCUT2D eigenvalue weighted by Gasteiger charge is 2.19. The summed E-state index contributed by atoms with van der Waals surface area (Å²) in [6, 6.07) is 5.24. The molecule has 0 atom stereocenters. The first-order chi connectivity index (χ1) is 10.1. The maximum atomic E-state index is 12.4. The maximum Gasteiger partial charge on any atom is 0.275 e. The molecule has 3 aromatic rings. The Labute approximate surface area is 120 Å². The van der Waals surface area contributed by atoms with Gasteiger partial charge in [-0.2, -0.15) is 0 Å². The third-order valence-electron chi connectivity index (χ3n) is 3.09. The Bertz CT molecular complexity index is 819. The van der Waals surface area contributed by atoms with E-state index in [0.29, 0.717) is 34.4 Å². The van der Waals surface area contributed by atoms with Gasteiger partial charge in [-0.3, -0.25) is 9.20 Å². The van der Waals surface area contributed by atoms with Crippen LogP contribution in [0.15, 0.2) is 28.9 Å². The molecule has 0 aromatic carbocycles. The van der Waals surface area contributed by atoms with Crippen LogP contribution in [0.5, 0.6) is 5.75 Å². The predicted octanol–water partition coefficient (Wildman–Crippen LogP) is 2.20. The van der Waals surface area contributed by atoms with Crippen molar-refractivity contribution in [3.63, 3.8) is 0 Å². The van der Waals surface area contributed by atoms with Crippen molar-refractivity contribution in [1.29, 1.82) is 0 Å². The molecular formula is C14H14N4O3. The van der Waals surface area contributed by atoms with Gasteiger partial charge < -0.3 is 14.6 Å². The summed E-state index contributed by atoms with van der Waals surface area (Å²) in [5.41, 5.74) is 1.64. The van der Waals surface area contributed by atoms with E-state index in [1.165, 1.54) is 0 Å². The van der Waals surface area contributed by atoms with E-state index in [1.54, 1.807) is 49.8 Å². The van der Waals surface area contributed by atoms with E-state index in [0.717, 1.165) is 0 Å². The summed E-state index contributed by atoms with van der Waals surface area (Å²) in [6.07, 6.45) is 1.76. The third-order valence-corrected chi connectivity index (χ3v) is 3.09. The molecule has 0 fully saturated rings. The number of aryl methyl sites for hydroxylation is 2. The van der Waals surface area contributed by atoms with Crippen LogP contribution in [0.25, 0.3) is 5.65 Å². The molecule has 108 valence electrons. The van der Waals surface area contributed by atoms with Crippen molar-refractivity contribution >= 4 is 17.4 Å². The zero-order chi connectivity index (χ0) is 15.0. The number of nitrogens with zero attached hydrogens (tertiary/aromatic N) is 3. The van der Waals surface area contributed by atoms with Crippen molar-refractivity contribution in [2.24, 2.45) is 0 Å². The van der Waals surface area contributed by atoms with E-state index in [2.05, 4.69) is 15.5 Å². The van der Waals surface area contributed by atoms with Crippen LogP contribution in [0, 0.1) is 13.8 Å². The van der Waals surface area contributed by atoms with Crippen LogP contribution in [0.1, 0.15) is 21.9 Å². The Balaban J connectivity index is 2.03. The van der Waals surface area contributed by atoms with Crippen LogP contribution < -0.4 is 10.1 Å². The summed E-state index contributed by atoms with van der Waals surface area (Å²) >= 11 is 0. The highest BCUT2D eigenvalue weighted by Crippen LogP contribution is 2.22. The number of amides is 1. The average molecular weight is 286 g/mol. The summed E-state index contributed by atoms with van der Waals surface area (Å²) in [5.74, 6) is 1.30. The smallest absolute Gasteiger partial charge is 0.275 e. The zero-order valence-corrected chi connectivity index (χ0v) is 11.9. The molecule has 7 heteroatoms. The Morgan fingerprint density at radius 1 is 1.43 bits per heavy atom. The predicted molar refractivity (Wildman–Crippen MR) is 75.7 cm³/mol. The molecule has 0 aliphatic carbocycles. The molecule has 1 amide bonds. The topological polar surface area (TPSA) is 81.7 Å². The minimum atomic E-state index is -0.304. The fourth-order valence-corrected chi connectivity index (χ4v) is 2.19. The van der Waals surface area contributed by atoms with Gasteiger partial charge in [0.2, 0.25) is 0 Å². The molecule has 0 unspecified atom stereocenters. The summed E-state index contributed by atoms with van der Waals surface area (Å²) in [6.45, 7) is 3.53. The highest BCUT2D eigenvalue weighted by molar-refractivity contribution is 6.04. The summed E-state index contributed by atoms with van der Waals surface area (Å²) in [7, 11) is 1.57. The molecule has 0 bridgehead atoms. The molecule has 3 rings (SSSR count). The van der Waals surface area contributed by atoms with E-state index in [1.807, 2.05) is 0 Å². The number of hydrogen-bond donors (Lipinski definition) is 1. The normalized spacial score (nSPS) is 10.8. The van der Waals surface area contributed by atoms with Gasteiger partial charge in [0, 0.05) is 12.3 Å². The van der Waals surface area contributed by atoms with Crippen molar-refractivity contribution < 1.29 is 14.1 Å². The Morgan fingerprint density at radius 2 is 2.24 bits per heavy atom. The van der Waals surface area contributed by atoms with Crippen molar-refractivity contribution in [2.45, 2.75) is 13.8 Å². The number of rotatable bonds is 3. The van der Waals surface area contributed by atoms with Crippen molar-refractivity contribution in [3.05, 3.63) is 41.5 Å². The number of fused-ring (bicyclic) bond motifs is 1. The van der Waals surface area contributed by atoms with Gasteiger partial charge in [0.1, 0.15) is 11.5 Å². The van der Waals surface area contributed by atoms with E-state index in [9.17, 15) is 4.79 Å². The number of ether oxygens (including phenoxy) is 1. The molecule has 0 radical (unpaired) electrons. The molecule has 7 nitrogen and oxygen atoms in total. The first kappa shape index (κ1) is 13.2. The standard InChI is InChI=1S/C14H14N4O3/c1-8-7-11(17-21-8)16-14(19)12-9(2)15-13-10(20-3)5-4-6-18(12)13/h4-7H,1-3H3,(H,16,17,19). The van der Waals surface area contributed by atoms with Crippen molar-refractivity contribution in [2.75, 3.05) is 12.4 Å². The number of anilines is 1. The lowest BCUT2D eigenvalue weighted by atomic mass is 10.3. The summed E-state index contributed by atoms with van der Waals surface area (Å²) in [5, 5.41) is 6.44. The van der Waals surface area contributed by atoms with Gasteiger partial charge in [-0.25, -0.2) is 4.98 Å². The molecule has 0 spiro atoms. The second kappa shape index (κ2) is 4.93. The minimum absolute atomic E-state index is 0.304. The lowest BCUT2D eigenvalue weighted by Crippen LogP contribution is -2.15. The molecule has 1 N–H and O–H groups in total. The fourth-order valence-electron chi connectivity index (χ4n) is 2.19. The van der Waals surface area contributed by atoms with Crippen LogP contribution >= 0.6 is 0 Å². The Morgan fingerprint density at radius 3 is 2.90 bits per heavy atom. The number of pyridine rings is 1. The van der Waals surface area contributed by atoms with Gasteiger partial charge in [0.15, 0.2) is 17.2 Å². The van der Waals surface area contributed by atoms with Gasteiger partial charge >= 0.3 is 0 Å². The van der Waals surface area contributed by atoms with Gasteiger partial charge in [-0.05, 0) is 26.0 Å². The van der Waals surface area contributed by atoms with E-state index in [4.69, 9.17) is 9.26 Å². The zero-order valence-electron chi connectivity index (χ0n) is 11.9. The van der Waals surface area contributed by atoms with Crippen molar-refractivity contribution in [1.82, 2.24) is 14.5 Å². The molecule has 0 saturated carbocycles. The van der Waals surface area contributed by atoms with Crippen molar-refractivity contribution in [3.8, 4) is 5.75 Å². The second-order valence-corrected chi connectivity index (χ2v) is 4.59. The van der Waals surface area contributed by atoms with Crippen LogP contribution in [0.3, 0.4) is 0 Å². The van der Waals surface area contributed by atoms with Gasteiger partial charge in [-0.15, -0.1) is 0 Å². The average Bonchev–Trinajstić information content (AvgIpc) is 3.00. The Kier molecular flexibility index (Phi) is 3.09. The van der Waals surface area contributed by atoms with Gasteiger partial charge in [-0.1, -0.05) is 5.16 Å². The molecule has 0 aliphatic heterocycles. The van der Waals surface area contributed by atoms with Gasteiger partial charge in [0.05, 0.1) is 12.8 Å². The van der Waals surface area contributed by atoms with Crippen LogP contribution in [-0.2, 0) is 0 Å². The molecule has 3 aromatic heterocycles. The maximum absolute atomic E-state index is 12.4. The van der Waals surface area contributed by atoms with E-state index >= 15 is 0 Å². The monoisotopic (exact) mass is 286 g/mol. The second-order valence-electron chi connectivity index (χ2n) is 4.59. The summed E-state index contributed by atoms with van der Waals surface area (Å²) in [4.78, 5) is 16.8. The molecular weight excluding hydrogens is 272 g/mol.